The van der Waals surface area contributed by atoms with E-state index in [1.807, 2.05) is 19.0 Å². The molecule has 14 heavy (non-hydrogen) atoms. The molecule has 0 amide bonds. The van der Waals surface area contributed by atoms with Crippen molar-refractivity contribution in [3.63, 3.8) is 0 Å². The molecule has 78 valence electrons. The third-order valence-electron chi connectivity index (χ3n) is 2.33. The second-order valence-electron chi connectivity index (χ2n) is 3.71. The molecule has 1 N–H and O–H groups in total. The van der Waals surface area contributed by atoms with Crippen LogP contribution in [0.25, 0.3) is 0 Å². The van der Waals surface area contributed by atoms with E-state index in [2.05, 4.69) is 9.97 Å². The first kappa shape index (κ1) is 10.9. The Hall–Kier alpha value is -1.16. The highest BCUT2D eigenvalue weighted by Gasteiger charge is 2.16. The van der Waals surface area contributed by atoms with Crippen LogP contribution in [0, 0.1) is 0 Å². The second-order valence-corrected chi connectivity index (χ2v) is 3.71. The first-order chi connectivity index (χ1) is 6.61. The summed E-state index contributed by atoms with van der Waals surface area (Å²) in [4.78, 5) is 20.2. The normalized spacial score (nSPS) is 13.1. The van der Waals surface area contributed by atoms with Gasteiger partial charge in [-0.05, 0) is 33.9 Å². The van der Waals surface area contributed by atoms with Crippen molar-refractivity contribution in [2.24, 2.45) is 0 Å². The minimum absolute atomic E-state index is 0.0123. The highest BCUT2D eigenvalue weighted by Crippen LogP contribution is 2.06. The lowest BCUT2D eigenvalue weighted by atomic mass is 10.1. The number of aromatic nitrogens is 2. The van der Waals surface area contributed by atoms with Gasteiger partial charge in [-0.2, -0.15) is 0 Å². The van der Waals surface area contributed by atoms with Gasteiger partial charge in [0.05, 0.1) is 12.4 Å². The van der Waals surface area contributed by atoms with Crippen molar-refractivity contribution < 1.29 is 4.79 Å². The first-order valence-corrected chi connectivity index (χ1v) is 4.75. The van der Waals surface area contributed by atoms with E-state index < -0.39 is 0 Å². The number of imidazole rings is 1. The van der Waals surface area contributed by atoms with Gasteiger partial charge in [0.2, 0.25) is 0 Å². The maximum absolute atomic E-state index is 11.3. The maximum Gasteiger partial charge on any atom is 0.146 e. The highest BCUT2D eigenvalue weighted by atomic mass is 16.1. The summed E-state index contributed by atoms with van der Waals surface area (Å²) in [5.41, 5.74) is 1.08. The Morgan fingerprint density at radius 1 is 1.64 bits per heavy atom. The van der Waals surface area contributed by atoms with Crippen molar-refractivity contribution in [1.82, 2.24) is 14.9 Å². The van der Waals surface area contributed by atoms with E-state index in [1.54, 1.807) is 19.4 Å². The maximum atomic E-state index is 11.3. The molecule has 1 unspecified atom stereocenters. The lowest BCUT2D eigenvalue weighted by Crippen LogP contribution is -2.34. The van der Waals surface area contributed by atoms with Crippen LogP contribution in [0.5, 0.6) is 0 Å². The fourth-order valence-electron chi connectivity index (χ4n) is 1.54. The van der Waals surface area contributed by atoms with Crippen molar-refractivity contribution in [2.45, 2.75) is 25.8 Å². The standard InChI is InChI=1S/C10H17N3O/c1-8(14)10(13(2)3)5-4-9-6-11-7-12-9/h6-7,10H,4-5H2,1-3H3,(H,11,12). The van der Waals surface area contributed by atoms with Crippen LogP contribution in [0.2, 0.25) is 0 Å². The molecule has 0 radical (unpaired) electrons. The molecule has 0 spiro atoms. The van der Waals surface area contributed by atoms with Crippen molar-refractivity contribution in [3.8, 4) is 0 Å². The number of aromatic amines is 1. The Kier molecular flexibility index (Phi) is 3.83. The number of likely N-dealkylation sites (N-methyl/N-ethyl adjacent to an activating group) is 1. The predicted octanol–water partition coefficient (Wildman–Crippen LogP) is 0.861. The zero-order valence-electron chi connectivity index (χ0n) is 8.95. The van der Waals surface area contributed by atoms with Gasteiger partial charge >= 0.3 is 0 Å². The molecular formula is C10H17N3O. The van der Waals surface area contributed by atoms with Gasteiger partial charge in [-0.15, -0.1) is 0 Å². The van der Waals surface area contributed by atoms with Crippen LogP contribution >= 0.6 is 0 Å². The molecule has 0 aliphatic rings. The molecule has 1 rings (SSSR count). The highest BCUT2D eigenvalue weighted by molar-refractivity contribution is 5.81. The summed E-state index contributed by atoms with van der Waals surface area (Å²) in [7, 11) is 3.86. The van der Waals surface area contributed by atoms with Gasteiger partial charge in [-0.1, -0.05) is 0 Å². The van der Waals surface area contributed by atoms with Crippen molar-refractivity contribution in [3.05, 3.63) is 18.2 Å². The minimum Gasteiger partial charge on any atom is -0.348 e. The molecule has 0 saturated carbocycles. The molecule has 0 aliphatic heterocycles. The first-order valence-electron chi connectivity index (χ1n) is 4.75. The van der Waals surface area contributed by atoms with E-state index in [0.717, 1.165) is 18.5 Å². The van der Waals surface area contributed by atoms with Crippen LogP contribution in [-0.4, -0.2) is 40.8 Å². The van der Waals surface area contributed by atoms with Crippen LogP contribution in [-0.2, 0) is 11.2 Å². The van der Waals surface area contributed by atoms with Gasteiger partial charge in [0.1, 0.15) is 5.78 Å². The summed E-state index contributed by atoms with van der Waals surface area (Å²) in [5, 5.41) is 0. The smallest absolute Gasteiger partial charge is 0.146 e. The number of H-pyrrole nitrogens is 1. The number of aryl methyl sites for hydroxylation is 1. The van der Waals surface area contributed by atoms with Gasteiger partial charge < -0.3 is 4.98 Å². The number of nitrogens with zero attached hydrogens (tertiary/aromatic N) is 2. The third-order valence-corrected chi connectivity index (χ3v) is 2.33. The van der Waals surface area contributed by atoms with E-state index >= 15 is 0 Å². The summed E-state index contributed by atoms with van der Waals surface area (Å²) in [5.74, 6) is 0.217. The molecular weight excluding hydrogens is 178 g/mol. The van der Waals surface area contributed by atoms with Gasteiger partial charge in [-0.3, -0.25) is 9.69 Å². The number of hydrogen-bond acceptors (Lipinski definition) is 3. The van der Waals surface area contributed by atoms with E-state index in [4.69, 9.17) is 0 Å². The van der Waals surface area contributed by atoms with E-state index in [0.29, 0.717) is 0 Å². The van der Waals surface area contributed by atoms with Crippen LogP contribution in [0.4, 0.5) is 0 Å². The summed E-state index contributed by atoms with van der Waals surface area (Å²) < 4.78 is 0. The molecule has 0 saturated heterocycles. The lowest BCUT2D eigenvalue weighted by molar-refractivity contribution is -0.121. The molecule has 0 bridgehead atoms. The fourth-order valence-corrected chi connectivity index (χ4v) is 1.54. The van der Waals surface area contributed by atoms with Crippen LogP contribution < -0.4 is 0 Å². The van der Waals surface area contributed by atoms with Gasteiger partial charge in [0, 0.05) is 11.9 Å². The van der Waals surface area contributed by atoms with Crippen molar-refractivity contribution in [2.75, 3.05) is 14.1 Å². The predicted molar refractivity (Wildman–Crippen MR) is 55.1 cm³/mol. The Labute approximate surface area is 84.3 Å². The number of rotatable bonds is 5. The van der Waals surface area contributed by atoms with Crippen LogP contribution in [0.15, 0.2) is 12.5 Å². The molecule has 1 aromatic heterocycles. The SMILES string of the molecule is CC(=O)C(CCc1cnc[nH]1)N(C)C. The van der Waals surface area contributed by atoms with Gasteiger partial charge in [0.15, 0.2) is 0 Å². The zero-order chi connectivity index (χ0) is 10.6. The average molecular weight is 195 g/mol. The number of ketones is 1. The summed E-state index contributed by atoms with van der Waals surface area (Å²) in [6, 6.07) is 0.0123. The molecule has 1 aromatic rings. The topological polar surface area (TPSA) is 49.0 Å². The van der Waals surface area contributed by atoms with Crippen molar-refractivity contribution in [1.29, 1.82) is 0 Å². The van der Waals surface area contributed by atoms with E-state index in [-0.39, 0.29) is 11.8 Å². The second kappa shape index (κ2) is 4.91. The average Bonchev–Trinajstić information content (AvgIpc) is 2.55. The molecule has 0 fully saturated rings. The molecule has 0 aliphatic carbocycles. The molecule has 4 nitrogen and oxygen atoms in total. The Bertz CT molecular complexity index is 280. The zero-order valence-corrected chi connectivity index (χ0v) is 8.95. The van der Waals surface area contributed by atoms with Crippen molar-refractivity contribution >= 4 is 5.78 Å². The Balaban J connectivity index is 2.45. The Morgan fingerprint density at radius 3 is 2.79 bits per heavy atom. The quantitative estimate of drug-likeness (QED) is 0.758. The molecule has 1 atom stereocenters. The number of carbonyl (C=O) groups is 1. The molecule has 4 heteroatoms. The van der Waals surface area contributed by atoms with Crippen LogP contribution in [0.3, 0.4) is 0 Å². The fraction of sp³-hybridized carbons (Fsp3) is 0.600. The Morgan fingerprint density at radius 2 is 2.36 bits per heavy atom. The lowest BCUT2D eigenvalue weighted by Gasteiger charge is -2.20. The summed E-state index contributed by atoms with van der Waals surface area (Å²) in [6.07, 6.45) is 5.16. The monoisotopic (exact) mass is 195 g/mol. The van der Waals surface area contributed by atoms with Crippen LogP contribution in [0.1, 0.15) is 19.0 Å². The summed E-state index contributed by atoms with van der Waals surface area (Å²) >= 11 is 0. The van der Waals surface area contributed by atoms with Gasteiger partial charge in [0.25, 0.3) is 0 Å². The molecule has 1 heterocycles. The number of carbonyl (C=O) groups excluding carboxylic acids is 1. The number of nitrogens with one attached hydrogen (secondary N) is 1. The van der Waals surface area contributed by atoms with E-state index in [1.165, 1.54) is 0 Å². The summed E-state index contributed by atoms with van der Waals surface area (Å²) in [6.45, 7) is 1.64. The number of Topliss-reactive ketones (excluding diaryl/α,β-unsaturated/α-hetero) is 1. The largest absolute Gasteiger partial charge is 0.348 e. The van der Waals surface area contributed by atoms with Gasteiger partial charge in [-0.25, -0.2) is 4.98 Å². The van der Waals surface area contributed by atoms with E-state index in [9.17, 15) is 4.79 Å². The minimum atomic E-state index is 0.0123. The third kappa shape index (κ3) is 2.96. The number of hydrogen-bond donors (Lipinski definition) is 1. The molecule has 0 aromatic carbocycles.